The van der Waals surface area contributed by atoms with Gasteiger partial charge in [0.2, 0.25) is 0 Å². The van der Waals surface area contributed by atoms with Gasteiger partial charge in [0.25, 0.3) is 0 Å². The normalized spacial score (nSPS) is 12.9. The minimum absolute atomic E-state index is 0.166. The Bertz CT molecular complexity index is 689. The molecule has 0 aliphatic rings. The molecule has 0 radical (unpaired) electrons. The third kappa shape index (κ3) is 2.74. The van der Waals surface area contributed by atoms with Crippen molar-refractivity contribution in [1.29, 1.82) is 0 Å². The van der Waals surface area contributed by atoms with Crippen molar-refractivity contribution in [3.05, 3.63) is 64.6 Å². The second-order valence-electron chi connectivity index (χ2n) is 5.23. The van der Waals surface area contributed by atoms with Gasteiger partial charge in [-0.25, -0.2) is 4.98 Å². The molecule has 3 rings (SSSR count). The molecule has 0 aliphatic heterocycles. The molecule has 3 heteroatoms. The topological polar surface area (TPSA) is 24.9 Å². The highest BCUT2D eigenvalue weighted by molar-refractivity contribution is 7.09. The predicted molar refractivity (Wildman–Crippen MR) is 86.2 cm³/mol. The van der Waals surface area contributed by atoms with Crippen molar-refractivity contribution >= 4 is 22.1 Å². The van der Waals surface area contributed by atoms with Gasteiger partial charge in [-0.1, -0.05) is 36.4 Å². The number of benzene rings is 2. The summed E-state index contributed by atoms with van der Waals surface area (Å²) in [4.78, 5) is 4.48. The van der Waals surface area contributed by atoms with Gasteiger partial charge >= 0.3 is 0 Å². The molecule has 20 heavy (non-hydrogen) atoms. The van der Waals surface area contributed by atoms with Crippen molar-refractivity contribution < 1.29 is 0 Å². The molecular formula is C17H18N2S. The Kier molecular flexibility index (Phi) is 3.81. The highest BCUT2D eigenvalue weighted by atomic mass is 32.1. The SMILES string of the molecule is CC(C)NC(c1ccc2ccccc2c1)c1nccs1. The minimum atomic E-state index is 0.166. The monoisotopic (exact) mass is 282 g/mol. The Morgan fingerprint density at radius 3 is 2.55 bits per heavy atom. The van der Waals surface area contributed by atoms with E-state index in [0.717, 1.165) is 5.01 Å². The van der Waals surface area contributed by atoms with Gasteiger partial charge in [0, 0.05) is 17.6 Å². The molecule has 1 unspecified atom stereocenters. The summed E-state index contributed by atoms with van der Waals surface area (Å²) in [6, 6.07) is 15.7. The third-order valence-corrected chi connectivity index (χ3v) is 4.15. The van der Waals surface area contributed by atoms with E-state index in [9.17, 15) is 0 Å². The van der Waals surface area contributed by atoms with Gasteiger partial charge in [-0.2, -0.15) is 0 Å². The second-order valence-corrected chi connectivity index (χ2v) is 6.16. The van der Waals surface area contributed by atoms with Gasteiger partial charge in [0.15, 0.2) is 0 Å². The second kappa shape index (κ2) is 5.73. The molecule has 0 amide bonds. The first-order valence-corrected chi connectivity index (χ1v) is 7.76. The average Bonchev–Trinajstić information content (AvgIpc) is 2.98. The van der Waals surface area contributed by atoms with Crippen LogP contribution in [-0.4, -0.2) is 11.0 Å². The number of rotatable bonds is 4. The van der Waals surface area contributed by atoms with Gasteiger partial charge in [-0.15, -0.1) is 11.3 Å². The summed E-state index contributed by atoms with van der Waals surface area (Å²) < 4.78 is 0. The van der Waals surface area contributed by atoms with Crippen molar-refractivity contribution in [3.63, 3.8) is 0 Å². The van der Waals surface area contributed by atoms with Crippen molar-refractivity contribution in [2.45, 2.75) is 25.9 Å². The lowest BCUT2D eigenvalue weighted by molar-refractivity contribution is 0.527. The molecule has 2 nitrogen and oxygen atoms in total. The fourth-order valence-electron chi connectivity index (χ4n) is 2.41. The molecule has 1 N–H and O–H groups in total. The molecule has 102 valence electrons. The summed E-state index contributed by atoms with van der Waals surface area (Å²) in [7, 11) is 0. The number of nitrogens with zero attached hydrogens (tertiary/aromatic N) is 1. The maximum absolute atomic E-state index is 4.48. The fraction of sp³-hybridized carbons (Fsp3) is 0.235. The number of hydrogen-bond acceptors (Lipinski definition) is 3. The summed E-state index contributed by atoms with van der Waals surface area (Å²) in [5, 5.41) is 9.32. The molecule has 1 atom stereocenters. The first kappa shape index (κ1) is 13.3. The molecule has 1 heterocycles. The number of aromatic nitrogens is 1. The summed E-state index contributed by atoms with van der Waals surface area (Å²) >= 11 is 1.70. The van der Waals surface area contributed by atoms with Gasteiger partial charge in [0.1, 0.15) is 5.01 Å². The van der Waals surface area contributed by atoms with Crippen LogP contribution in [0.5, 0.6) is 0 Å². The standard InChI is InChI=1S/C17H18N2S/c1-12(2)19-16(17-18-9-10-20-17)15-8-7-13-5-3-4-6-14(13)11-15/h3-12,16,19H,1-2H3. The van der Waals surface area contributed by atoms with E-state index < -0.39 is 0 Å². The zero-order chi connectivity index (χ0) is 13.9. The molecule has 0 spiro atoms. The fourth-order valence-corrected chi connectivity index (χ4v) is 3.13. The number of thiazole rings is 1. The van der Waals surface area contributed by atoms with Crippen LogP contribution in [0, 0.1) is 0 Å². The third-order valence-electron chi connectivity index (χ3n) is 3.31. The van der Waals surface area contributed by atoms with Crippen LogP contribution >= 0.6 is 11.3 Å². The van der Waals surface area contributed by atoms with E-state index in [0.29, 0.717) is 6.04 Å². The van der Waals surface area contributed by atoms with E-state index in [1.807, 2.05) is 11.6 Å². The first-order valence-electron chi connectivity index (χ1n) is 6.88. The number of hydrogen-bond donors (Lipinski definition) is 1. The summed E-state index contributed by atoms with van der Waals surface area (Å²) in [6.45, 7) is 4.34. The molecule has 3 aromatic rings. The smallest absolute Gasteiger partial charge is 0.114 e. The molecule has 2 aromatic carbocycles. The molecular weight excluding hydrogens is 264 g/mol. The zero-order valence-electron chi connectivity index (χ0n) is 11.7. The van der Waals surface area contributed by atoms with Gasteiger partial charge in [0.05, 0.1) is 6.04 Å². The summed E-state index contributed by atoms with van der Waals surface area (Å²) in [6.07, 6.45) is 1.87. The van der Waals surface area contributed by atoms with Crippen LogP contribution in [0.1, 0.15) is 30.5 Å². The van der Waals surface area contributed by atoms with Gasteiger partial charge in [-0.05, 0) is 36.2 Å². The van der Waals surface area contributed by atoms with Gasteiger partial charge < -0.3 is 5.32 Å². The van der Waals surface area contributed by atoms with Crippen molar-refractivity contribution in [3.8, 4) is 0 Å². The molecule has 0 saturated heterocycles. The van der Waals surface area contributed by atoms with E-state index in [1.165, 1.54) is 16.3 Å². The highest BCUT2D eigenvalue weighted by Crippen LogP contribution is 2.27. The van der Waals surface area contributed by atoms with Crippen molar-refractivity contribution in [1.82, 2.24) is 10.3 Å². The molecule has 0 fully saturated rings. The van der Waals surface area contributed by atoms with E-state index in [2.05, 4.69) is 66.6 Å². The zero-order valence-corrected chi connectivity index (χ0v) is 12.5. The van der Waals surface area contributed by atoms with Crippen molar-refractivity contribution in [2.75, 3.05) is 0 Å². The Labute approximate surface area is 123 Å². The lowest BCUT2D eigenvalue weighted by atomic mass is 10.0. The average molecular weight is 282 g/mol. The van der Waals surface area contributed by atoms with Gasteiger partial charge in [-0.3, -0.25) is 0 Å². The van der Waals surface area contributed by atoms with Crippen LogP contribution in [0.15, 0.2) is 54.0 Å². The summed E-state index contributed by atoms with van der Waals surface area (Å²) in [5.41, 5.74) is 1.27. The number of nitrogens with one attached hydrogen (secondary N) is 1. The number of fused-ring (bicyclic) bond motifs is 1. The van der Waals surface area contributed by atoms with E-state index >= 15 is 0 Å². The van der Waals surface area contributed by atoms with Crippen LogP contribution in [0.3, 0.4) is 0 Å². The maximum Gasteiger partial charge on any atom is 0.114 e. The van der Waals surface area contributed by atoms with E-state index in [-0.39, 0.29) is 6.04 Å². The molecule has 0 saturated carbocycles. The largest absolute Gasteiger partial charge is 0.302 e. The quantitative estimate of drug-likeness (QED) is 0.768. The Hall–Kier alpha value is -1.71. The van der Waals surface area contributed by atoms with Crippen LogP contribution in [0.4, 0.5) is 0 Å². The van der Waals surface area contributed by atoms with Crippen LogP contribution in [0.2, 0.25) is 0 Å². The first-order chi connectivity index (χ1) is 9.74. The van der Waals surface area contributed by atoms with E-state index in [4.69, 9.17) is 0 Å². The van der Waals surface area contributed by atoms with Crippen molar-refractivity contribution in [2.24, 2.45) is 0 Å². The summed E-state index contributed by atoms with van der Waals surface area (Å²) in [5.74, 6) is 0. The molecule has 0 bridgehead atoms. The minimum Gasteiger partial charge on any atom is -0.302 e. The maximum atomic E-state index is 4.48. The lowest BCUT2D eigenvalue weighted by Crippen LogP contribution is -2.28. The highest BCUT2D eigenvalue weighted by Gasteiger charge is 2.17. The van der Waals surface area contributed by atoms with Crippen LogP contribution in [0.25, 0.3) is 10.8 Å². The lowest BCUT2D eigenvalue weighted by Gasteiger charge is -2.20. The predicted octanol–water partition coefficient (Wildman–Crippen LogP) is 4.38. The Balaban J connectivity index is 2.04. The van der Waals surface area contributed by atoms with E-state index in [1.54, 1.807) is 11.3 Å². The Morgan fingerprint density at radius 2 is 1.85 bits per heavy atom. The van der Waals surface area contributed by atoms with Crippen LogP contribution in [-0.2, 0) is 0 Å². The molecule has 1 aromatic heterocycles. The van der Waals surface area contributed by atoms with Crippen LogP contribution < -0.4 is 5.32 Å². The Morgan fingerprint density at radius 1 is 1.05 bits per heavy atom. The molecule has 0 aliphatic carbocycles.